The SMILES string of the molecule is C[C@@H](NC(=O)/C(C#N)=C\c1cc(Br)ccc1OCc1ccc(Cl)cc1Cl)c1ccccc1. The summed E-state index contributed by atoms with van der Waals surface area (Å²) < 4.78 is 6.73. The Morgan fingerprint density at radius 1 is 1.16 bits per heavy atom. The Balaban J connectivity index is 1.81. The fraction of sp³-hybridized carbons (Fsp3) is 0.120. The Kier molecular flexibility index (Phi) is 8.35. The molecule has 0 aliphatic heterocycles. The van der Waals surface area contributed by atoms with Gasteiger partial charge in [-0.1, -0.05) is 75.5 Å². The Bertz CT molecular complexity index is 1190. The average Bonchev–Trinajstić information content (AvgIpc) is 2.78. The number of hydrogen-bond donors (Lipinski definition) is 1. The van der Waals surface area contributed by atoms with Gasteiger partial charge in [-0.25, -0.2) is 0 Å². The minimum atomic E-state index is -0.462. The average molecular weight is 530 g/mol. The second-order valence-corrected chi connectivity index (χ2v) is 8.74. The Labute approximate surface area is 205 Å². The smallest absolute Gasteiger partial charge is 0.262 e. The van der Waals surface area contributed by atoms with Gasteiger partial charge in [0.1, 0.15) is 24.0 Å². The first-order valence-electron chi connectivity index (χ1n) is 9.71. The molecule has 0 radical (unpaired) electrons. The fourth-order valence-electron chi connectivity index (χ4n) is 2.96. The lowest BCUT2D eigenvalue weighted by Gasteiger charge is -2.14. The standard InChI is InChI=1S/C25H19BrCl2N2O2/c1-16(17-5-3-2-4-6-17)30-25(31)20(14-29)11-19-12-21(26)8-10-24(19)32-15-18-7-9-22(27)13-23(18)28/h2-13,16H,15H2,1H3,(H,30,31)/b20-11-/t16-/m1/s1. The molecule has 0 heterocycles. The highest BCUT2D eigenvalue weighted by molar-refractivity contribution is 9.10. The maximum Gasteiger partial charge on any atom is 0.262 e. The predicted molar refractivity (Wildman–Crippen MR) is 132 cm³/mol. The minimum Gasteiger partial charge on any atom is -0.488 e. The van der Waals surface area contributed by atoms with E-state index in [2.05, 4.69) is 21.2 Å². The highest BCUT2D eigenvalue weighted by Crippen LogP contribution is 2.28. The minimum absolute atomic E-state index is 0.0275. The molecule has 32 heavy (non-hydrogen) atoms. The van der Waals surface area contributed by atoms with Crippen LogP contribution in [0.25, 0.3) is 6.08 Å². The van der Waals surface area contributed by atoms with Gasteiger partial charge >= 0.3 is 0 Å². The third-order valence-corrected chi connectivity index (χ3v) is 5.76. The number of nitrogens with one attached hydrogen (secondary N) is 1. The normalized spacial score (nSPS) is 12.0. The molecule has 0 saturated heterocycles. The number of benzene rings is 3. The van der Waals surface area contributed by atoms with Crippen molar-refractivity contribution in [3.05, 3.63) is 104 Å². The van der Waals surface area contributed by atoms with E-state index in [-0.39, 0.29) is 18.2 Å². The van der Waals surface area contributed by atoms with Crippen LogP contribution in [0.5, 0.6) is 5.75 Å². The van der Waals surface area contributed by atoms with Crippen molar-refractivity contribution >= 4 is 51.1 Å². The molecule has 3 aromatic rings. The molecule has 1 atom stereocenters. The lowest BCUT2D eigenvalue weighted by atomic mass is 10.1. The van der Waals surface area contributed by atoms with Crippen LogP contribution in [-0.2, 0) is 11.4 Å². The fourth-order valence-corrected chi connectivity index (χ4v) is 3.80. The zero-order valence-electron chi connectivity index (χ0n) is 17.1. The van der Waals surface area contributed by atoms with Crippen molar-refractivity contribution in [2.24, 2.45) is 0 Å². The van der Waals surface area contributed by atoms with E-state index < -0.39 is 5.91 Å². The van der Waals surface area contributed by atoms with Gasteiger partial charge in [0.05, 0.1) is 6.04 Å². The molecule has 0 aliphatic rings. The van der Waals surface area contributed by atoms with E-state index in [0.29, 0.717) is 21.4 Å². The van der Waals surface area contributed by atoms with Gasteiger partial charge in [-0.05, 0) is 48.9 Å². The van der Waals surface area contributed by atoms with Crippen molar-refractivity contribution in [2.75, 3.05) is 0 Å². The van der Waals surface area contributed by atoms with Gasteiger partial charge in [-0.2, -0.15) is 5.26 Å². The molecule has 3 aromatic carbocycles. The molecule has 0 unspecified atom stereocenters. The number of carbonyl (C=O) groups is 1. The quantitative estimate of drug-likeness (QED) is 0.262. The first kappa shape index (κ1) is 23.9. The highest BCUT2D eigenvalue weighted by Gasteiger charge is 2.15. The molecule has 0 aromatic heterocycles. The maximum absolute atomic E-state index is 12.7. The molecule has 4 nitrogen and oxygen atoms in total. The molecule has 1 N–H and O–H groups in total. The molecule has 0 bridgehead atoms. The molecule has 3 rings (SSSR count). The van der Waals surface area contributed by atoms with Crippen molar-refractivity contribution in [1.82, 2.24) is 5.32 Å². The third-order valence-electron chi connectivity index (χ3n) is 4.68. The summed E-state index contributed by atoms with van der Waals surface area (Å²) in [4.78, 5) is 12.7. The van der Waals surface area contributed by atoms with Crippen molar-refractivity contribution in [3.63, 3.8) is 0 Å². The van der Waals surface area contributed by atoms with Crippen LogP contribution in [0.2, 0.25) is 10.0 Å². The first-order valence-corrected chi connectivity index (χ1v) is 11.3. The van der Waals surface area contributed by atoms with Gasteiger partial charge in [0.25, 0.3) is 5.91 Å². The number of hydrogen-bond acceptors (Lipinski definition) is 3. The number of rotatable bonds is 7. The summed E-state index contributed by atoms with van der Waals surface area (Å²) in [6.45, 7) is 2.07. The summed E-state index contributed by atoms with van der Waals surface area (Å²) in [5, 5.41) is 13.5. The molecule has 0 saturated carbocycles. The third kappa shape index (κ3) is 6.37. The van der Waals surface area contributed by atoms with Gasteiger partial charge < -0.3 is 10.1 Å². The zero-order valence-corrected chi connectivity index (χ0v) is 20.2. The predicted octanol–water partition coefficient (Wildman–Crippen LogP) is 7.12. The maximum atomic E-state index is 12.7. The molecular formula is C25H19BrCl2N2O2. The van der Waals surface area contributed by atoms with E-state index in [1.165, 1.54) is 6.08 Å². The van der Waals surface area contributed by atoms with E-state index in [1.807, 2.05) is 49.4 Å². The van der Waals surface area contributed by atoms with Crippen LogP contribution in [0.4, 0.5) is 0 Å². The number of nitrogens with zero attached hydrogens (tertiary/aromatic N) is 1. The topological polar surface area (TPSA) is 62.1 Å². The van der Waals surface area contributed by atoms with Crippen molar-refractivity contribution in [2.45, 2.75) is 19.6 Å². The van der Waals surface area contributed by atoms with Crippen LogP contribution in [0.15, 0.2) is 76.8 Å². The molecule has 0 spiro atoms. The van der Waals surface area contributed by atoms with E-state index >= 15 is 0 Å². The number of carbonyl (C=O) groups excluding carboxylic acids is 1. The van der Waals surface area contributed by atoms with E-state index in [0.717, 1.165) is 15.6 Å². The molecular weight excluding hydrogens is 511 g/mol. The number of amides is 1. The Hall–Kier alpha value is -2.78. The van der Waals surface area contributed by atoms with Crippen molar-refractivity contribution in [1.29, 1.82) is 5.26 Å². The number of halogens is 3. The summed E-state index contributed by atoms with van der Waals surface area (Å²) in [7, 11) is 0. The summed E-state index contributed by atoms with van der Waals surface area (Å²) in [5.74, 6) is 0.0476. The zero-order chi connectivity index (χ0) is 23.1. The van der Waals surface area contributed by atoms with E-state index in [4.69, 9.17) is 27.9 Å². The van der Waals surface area contributed by atoms with E-state index in [9.17, 15) is 10.1 Å². The summed E-state index contributed by atoms with van der Waals surface area (Å²) >= 11 is 15.6. The van der Waals surface area contributed by atoms with E-state index in [1.54, 1.807) is 30.3 Å². The second-order valence-electron chi connectivity index (χ2n) is 6.98. The van der Waals surface area contributed by atoms with Gasteiger partial charge in [-0.15, -0.1) is 0 Å². The summed E-state index contributed by atoms with van der Waals surface area (Å²) in [5.41, 5.74) is 2.28. The van der Waals surface area contributed by atoms with Crippen LogP contribution in [0.1, 0.15) is 29.7 Å². The van der Waals surface area contributed by atoms with Gasteiger partial charge in [0.2, 0.25) is 0 Å². The summed E-state index contributed by atoms with van der Waals surface area (Å²) in [6.07, 6.45) is 1.51. The number of nitriles is 1. The molecule has 0 fully saturated rings. The van der Waals surface area contributed by atoms with Gasteiger partial charge in [0, 0.05) is 25.6 Å². The van der Waals surface area contributed by atoms with Crippen molar-refractivity contribution in [3.8, 4) is 11.8 Å². The summed E-state index contributed by atoms with van der Waals surface area (Å²) in [6, 6.07) is 21.8. The second kappa shape index (κ2) is 11.2. The van der Waals surface area contributed by atoms with Crippen LogP contribution in [0, 0.1) is 11.3 Å². The van der Waals surface area contributed by atoms with Crippen LogP contribution in [-0.4, -0.2) is 5.91 Å². The molecule has 162 valence electrons. The first-order chi connectivity index (χ1) is 15.4. The largest absolute Gasteiger partial charge is 0.488 e. The van der Waals surface area contributed by atoms with Crippen LogP contribution >= 0.6 is 39.1 Å². The van der Waals surface area contributed by atoms with Crippen LogP contribution in [0.3, 0.4) is 0 Å². The lowest BCUT2D eigenvalue weighted by Crippen LogP contribution is -2.27. The Morgan fingerprint density at radius 2 is 1.91 bits per heavy atom. The molecule has 7 heteroatoms. The molecule has 1 amide bonds. The molecule has 0 aliphatic carbocycles. The lowest BCUT2D eigenvalue weighted by molar-refractivity contribution is -0.117. The van der Waals surface area contributed by atoms with Crippen molar-refractivity contribution < 1.29 is 9.53 Å². The monoisotopic (exact) mass is 528 g/mol. The van der Waals surface area contributed by atoms with Gasteiger partial charge in [-0.3, -0.25) is 4.79 Å². The Morgan fingerprint density at radius 3 is 2.59 bits per heavy atom. The highest BCUT2D eigenvalue weighted by atomic mass is 79.9. The van der Waals surface area contributed by atoms with Gasteiger partial charge in [0.15, 0.2) is 0 Å². The number of ether oxygens (including phenoxy) is 1. The van der Waals surface area contributed by atoms with Crippen LogP contribution < -0.4 is 10.1 Å².